The first kappa shape index (κ1) is 12.8. The number of carbonyl (C=O) groups is 1. The Bertz CT molecular complexity index is 452. The lowest BCUT2D eigenvalue weighted by molar-refractivity contribution is 0.151. The van der Waals surface area contributed by atoms with Crippen LogP contribution in [0.25, 0.3) is 0 Å². The number of alkyl halides is 1. The van der Waals surface area contributed by atoms with Crippen molar-refractivity contribution in [2.24, 2.45) is 0 Å². The molecule has 0 aromatic heterocycles. The molecule has 1 aliphatic rings. The summed E-state index contributed by atoms with van der Waals surface area (Å²) in [6.07, 6.45) is -0.667. The van der Waals surface area contributed by atoms with E-state index in [4.69, 9.17) is 25.8 Å². The van der Waals surface area contributed by atoms with Crippen LogP contribution in [0, 0.1) is 0 Å². The van der Waals surface area contributed by atoms with Gasteiger partial charge in [-0.15, -0.1) is 11.6 Å². The zero-order valence-corrected chi connectivity index (χ0v) is 10.9. The second-order valence-corrected chi connectivity index (χ2v) is 4.12. The van der Waals surface area contributed by atoms with Crippen molar-refractivity contribution < 1.29 is 19.0 Å². The normalized spacial score (nSPS) is 18.7. The third-order valence-electron chi connectivity index (χ3n) is 2.72. The number of ether oxygens (including phenoxy) is 3. The lowest BCUT2D eigenvalue weighted by atomic mass is 10.2. The highest BCUT2D eigenvalue weighted by molar-refractivity contribution is 6.18. The van der Waals surface area contributed by atoms with Gasteiger partial charge in [0.05, 0.1) is 32.3 Å². The summed E-state index contributed by atoms with van der Waals surface area (Å²) in [5.41, 5.74) is 0.699. The van der Waals surface area contributed by atoms with Gasteiger partial charge in [-0.2, -0.15) is 0 Å². The van der Waals surface area contributed by atoms with Gasteiger partial charge in [-0.3, -0.25) is 4.90 Å². The van der Waals surface area contributed by atoms with Crippen LogP contribution >= 0.6 is 11.6 Å². The van der Waals surface area contributed by atoms with Gasteiger partial charge in [-0.05, 0) is 12.1 Å². The van der Waals surface area contributed by atoms with Gasteiger partial charge in [0.1, 0.15) is 6.10 Å². The Morgan fingerprint density at radius 3 is 2.67 bits per heavy atom. The largest absolute Gasteiger partial charge is 0.493 e. The number of halogens is 1. The van der Waals surface area contributed by atoms with Crippen LogP contribution in [0.15, 0.2) is 18.2 Å². The first-order chi connectivity index (χ1) is 8.69. The molecule has 0 aliphatic carbocycles. The zero-order valence-electron chi connectivity index (χ0n) is 10.2. The van der Waals surface area contributed by atoms with Crippen LogP contribution in [-0.2, 0) is 4.74 Å². The summed E-state index contributed by atoms with van der Waals surface area (Å²) >= 11 is 5.68. The quantitative estimate of drug-likeness (QED) is 0.788. The third-order valence-corrected chi connectivity index (χ3v) is 3.07. The van der Waals surface area contributed by atoms with E-state index in [-0.39, 0.29) is 12.0 Å². The number of methoxy groups -OCH3 is 2. The van der Waals surface area contributed by atoms with Gasteiger partial charge in [0.25, 0.3) is 0 Å². The van der Waals surface area contributed by atoms with E-state index in [1.807, 2.05) is 0 Å². The number of hydrogen-bond donors (Lipinski definition) is 0. The van der Waals surface area contributed by atoms with Crippen molar-refractivity contribution in [2.75, 3.05) is 31.5 Å². The minimum Gasteiger partial charge on any atom is -0.493 e. The first-order valence-electron chi connectivity index (χ1n) is 5.45. The van der Waals surface area contributed by atoms with E-state index in [1.54, 1.807) is 32.4 Å². The number of anilines is 1. The van der Waals surface area contributed by atoms with Crippen LogP contribution in [0.3, 0.4) is 0 Å². The molecule has 0 N–H and O–H groups in total. The summed E-state index contributed by atoms with van der Waals surface area (Å²) in [6, 6.07) is 5.26. The first-order valence-corrected chi connectivity index (χ1v) is 5.99. The minimum absolute atomic E-state index is 0.271. The number of benzene rings is 1. The molecule has 1 aliphatic heterocycles. The summed E-state index contributed by atoms with van der Waals surface area (Å²) in [7, 11) is 3.11. The molecular formula is C12H14ClNO4. The van der Waals surface area contributed by atoms with Crippen LogP contribution in [-0.4, -0.2) is 38.8 Å². The van der Waals surface area contributed by atoms with Gasteiger partial charge in [0.15, 0.2) is 11.5 Å². The van der Waals surface area contributed by atoms with E-state index in [0.717, 1.165) is 0 Å². The molecule has 0 bridgehead atoms. The fraction of sp³-hybridized carbons (Fsp3) is 0.417. The number of carbonyl (C=O) groups excluding carboxylic acids is 1. The van der Waals surface area contributed by atoms with Crippen molar-refractivity contribution in [3.05, 3.63) is 18.2 Å². The average molecular weight is 272 g/mol. The van der Waals surface area contributed by atoms with Gasteiger partial charge in [0, 0.05) is 6.07 Å². The maximum absolute atomic E-state index is 11.7. The number of cyclic esters (lactones) is 1. The fourth-order valence-corrected chi connectivity index (χ4v) is 1.97. The molecule has 1 aromatic rings. The van der Waals surface area contributed by atoms with E-state index in [1.165, 1.54) is 4.90 Å². The van der Waals surface area contributed by atoms with Crippen LogP contribution in [0.1, 0.15) is 0 Å². The van der Waals surface area contributed by atoms with E-state index in [9.17, 15) is 4.79 Å². The van der Waals surface area contributed by atoms with Gasteiger partial charge in [-0.25, -0.2) is 4.79 Å². The molecule has 1 heterocycles. The van der Waals surface area contributed by atoms with Crippen molar-refractivity contribution in [1.29, 1.82) is 0 Å². The lowest BCUT2D eigenvalue weighted by Crippen LogP contribution is -2.24. The Labute approximate surface area is 110 Å². The van der Waals surface area contributed by atoms with E-state index in [2.05, 4.69) is 0 Å². The van der Waals surface area contributed by atoms with Crippen molar-refractivity contribution in [1.82, 2.24) is 0 Å². The van der Waals surface area contributed by atoms with Gasteiger partial charge in [0.2, 0.25) is 0 Å². The Morgan fingerprint density at radius 1 is 1.39 bits per heavy atom. The third kappa shape index (κ3) is 2.31. The van der Waals surface area contributed by atoms with E-state index < -0.39 is 6.09 Å². The molecule has 0 radical (unpaired) electrons. The minimum atomic E-state index is -0.395. The zero-order chi connectivity index (χ0) is 13.1. The monoisotopic (exact) mass is 271 g/mol. The highest BCUT2D eigenvalue weighted by Crippen LogP contribution is 2.33. The van der Waals surface area contributed by atoms with Gasteiger partial charge >= 0.3 is 6.09 Å². The predicted octanol–water partition coefficient (Wildman–Crippen LogP) is 2.27. The topological polar surface area (TPSA) is 48.0 Å². The molecule has 1 fully saturated rings. The second-order valence-electron chi connectivity index (χ2n) is 3.81. The van der Waals surface area contributed by atoms with Crippen LogP contribution in [0.2, 0.25) is 0 Å². The Morgan fingerprint density at radius 2 is 2.11 bits per heavy atom. The maximum atomic E-state index is 11.7. The van der Waals surface area contributed by atoms with Gasteiger partial charge in [-0.1, -0.05) is 0 Å². The molecule has 1 unspecified atom stereocenters. The van der Waals surface area contributed by atoms with Crippen molar-refractivity contribution >= 4 is 23.4 Å². The van der Waals surface area contributed by atoms with Crippen molar-refractivity contribution in [3.8, 4) is 11.5 Å². The van der Waals surface area contributed by atoms with Crippen molar-refractivity contribution in [3.63, 3.8) is 0 Å². The molecule has 1 amide bonds. The van der Waals surface area contributed by atoms with E-state index >= 15 is 0 Å². The number of nitrogens with zero attached hydrogens (tertiary/aromatic N) is 1. The lowest BCUT2D eigenvalue weighted by Gasteiger charge is -2.15. The van der Waals surface area contributed by atoms with Crippen molar-refractivity contribution in [2.45, 2.75) is 6.10 Å². The molecule has 0 spiro atoms. The standard InChI is InChI=1S/C12H14ClNO4/c1-16-10-4-3-8(5-11(10)17-2)14-7-9(6-13)18-12(14)15/h3-5,9H,6-7H2,1-2H3. The fourth-order valence-electron chi connectivity index (χ4n) is 1.81. The molecule has 5 nitrogen and oxygen atoms in total. The van der Waals surface area contributed by atoms with Crippen LogP contribution in [0.5, 0.6) is 11.5 Å². The number of rotatable bonds is 4. The summed E-state index contributed by atoms with van der Waals surface area (Å²) in [6.45, 7) is 0.442. The van der Waals surface area contributed by atoms with Crippen LogP contribution in [0.4, 0.5) is 10.5 Å². The summed E-state index contributed by atoms with van der Waals surface area (Å²) in [4.78, 5) is 13.2. The Kier molecular flexibility index (Phi) is 3.81. The second kappa shape index (κ2) is 5.35. The molecule has 0 saturated carbocycles. The summed E-state index contributed by atoms with van der Waals surface area (Å²) < 4.78 is 15.4. The molecule has 98 valence electrons. The summed E-state index contributed by atoms with van der Waals surface area (Å²) in [5, 5.41) is 0. The molecule has 6 heteroatoms. The SMILES string of the molecule is COc1ccc(N2CC(CCl)OC2=O)cc1OC. The highest BCUT2D eigenvalue weighted by Gasteiger charge is 2.32. The Balaban J connectivity index is 2.26. The number of amides is 1. The molecular weight excluding hydrogens is 258 g/mol. The average Bonchev–Trinajstić information content (AvgIpc) is 2.79. The summed E-state index contributed by atoms with van der Waals surface area (Å²) in [5.74, 6) is 1.47. The highest BCUT2D eigenvalue weighted by atomic mass is 35.5. The molecule has 1 aromatic carbocycles. The molecule has 2 rings (SSSR count). The molecule has 1 atom stereocenters. The Hall–Kier alpha value is -1.62. The maximum Gasteiger partial charge on any atom is 0.414 e. The van der Waals surface area contributed by atoms with Crippen LogP contribution < -0.4 is 14.4 Å². The molecule has 18 heavy (non-hydrogen) atoms. The van der Waals surface area contributed by atoms with Gasteiger partial charge < -0.3 is 14.2 Å². The molecule has 1 saturated heterocycles. The number of hydrogen-bond acceptors (Lipinski definition) is 4. The van der Waals surface area contributed by atoms with E-state index in [0.29, 0.717) is 23.7 Å². The smallest absolute Gasteiger partial charge is 0.414 e. The predicted molar refractivity (Wildman–Crippen MR) is 67.9 cm³/mol.